The van der Waals surface area contributed by atoms with Crippen LogP contribution in [0.1, 0.15) is 5.56 Å². The van der Waals surface area contributed by atoms with Crippen LogP contribution in [0.4, 0.5) is 0 Å². The van der Waals surface area contributed by atoms with Crippen molar-refractivity contribution in [1.82, 2.24) is 10.3 Å². The fourth-order valence-electron chi connectivity index (χ4n) is 2.30. The Morgan fingerprint density at radius 1 is 1.04 bits per heavy atom. The van der Waals surface area contributed by atoms with Crippen molar-refractivity contribution in [2.24, 2.45) is 0 Å². The van der Waals surface area contributed by atoms with Crippen LogP contribution in [0.25, 0.3) is 22.8 Å². The van der Waals surface area contributed by atoms with Crippen molar-refractivity contribution in [2.75, 3.05) is 7.05 Å². The molecule has 0 aliphatic rings. The van der Waals surface area contributed by atoms with E-state index in [1.807, 2.05) is 31.3 Å². The number of aromatic nitrogens is 1. The van der Waals surface area contributed by atoms with Crippen molar-refractivity contribution in [3.8, 4) is 22.8 Å². The Bertz CT molecular complexity index is 929. The van der Waals surface area contributed by atoms with Crippen molar-refractivity contribution in [2.45, 2.75) is 11.4 Å². The number of hydrogen-bond acceptors (Lipinski definition) is 5. The molecule has 0 saturated carbocycles. The maximum atomic E-state index is 11.1. The van der Waals surface area contributed by atoms with Crippen LogP contribution in [0.5, 0.6) is 0 Å². The fourth-order valence-corrected chi connectivity index (χ4v) is 2.78. The van der Waals surface area contributed by atoms with E-state index in [0.717, 1.165) is 12.1 Å². The first kappa shape index (κ1) is 16.4. The second-order valence-corrected chi connectivity index (χ2v) is 6.68. The molecule has 1 heterocycles. The molecule has 124 valence electrons. The highest BCUT2D eigenvalue weighted by Crippen LogP contribution is 2.27. The summed E-state index contributed by atoms with van der Waals surface area (Å²) in [5.74, 6) is 1.01. The summed E-state index contributed by atoms with van der Waals surface area (Å²) in [5, 5.41) is 3.09. The Morgan fingerprint density at radius 3 is 2.25 bits per heavy atom. The molecule has 3 aromatic rings. The first-order valence-corrected chi connectivity index (χ1v) is 8.69. The summed E-state index contributed by atoms with van der Waals surface area (Å²) in [6.07, 6.45) is 1.62. The van der Waals surface area contributed by atoms with Gasteiger partial charge in [-0.1, -0.05) is 24.3 Å². The summed E-state index contributed by atoms with van der Waals surface area (Å²) in [6, 6.07) is 13.6. The Balaban J connectivity index is 1.85. The molecule has 1 aromatic heterocycles. The maximum Gasteiger partial charge on any atom is 0.294 e. The van der Waals surface area contributed by atoms with Crippen LogP contribution >= 0.6 is 0 Å². The van der Waals surface area contributed by atoms with Crippen molar-refractivity contribution >= 4 is 10.1 Å². The Morgan fingerprint density at radius 2 is 1.67 bits per heavy atom. The Labute approximate surface area is 139 Å². The first-order valence-electron chi connectivity index (χ1n) is 7.25. The van der Waals surface area contributed by atoms with Crippen LogP contribution in [-0.4, -0.2) is 25.0 Å². The van der Waals surface area contributed by atoms with Crippen molar-refractivity contribution in [1.29, 1.82) is 0 Å². The Kier molecular flexibility index (Phi) is 4.48. The summed E-state index contributed by atoms with van der Waals surface area (Å²) in [4.78, 5) is 4.05. The summed E-state index contributed by atoms with van der Waals surface area (Å²) >= 11 is 0. The van der Waals surface area contributed by atoms with Gasteiger partial charge in [-0.2, -0.15) is 8.42 Å². The van der Waals surface area contributed by atoms with Crippen molar-refractivity contribution in [3.05, 3.63) is 60.3 Å². The van der Waals surface area contributed by atoms with Gasteiger partial charge in [-0.05, 0) is 36.9 Å². The van der Waals surface area contributed by atoms with E-state index < -0.39 is 10.1 Å². The highest BCUT2D eigenvalue weighted by atomic mass is 32.2. The largest absolute Gasteiger partial charge is 0.436 e. The van der Waals surface area contributed by atoms with E-state index in [4.69, 9.17) is 8.97 Å². The zero-order valence-electron chi connectivity index (χ0n) is 12.9. The molecule has 0 unspecified atom stereocenters. The van der Waals surface area contributed by atoms with E-state index in [1.54, 1.807) is 6.20 Å². The van der Waals surface area contributed by atoms with Gasteiger partial charge in [-0.25, -0.2) is 4.98 Å². The minimum atomic E-state index is -4.20. The number of hydrogen-bond donors (Lipinski definition) is 2. The van der Waals surface area contributed by atoms with Crippen molar-refractivity contribution < 1.29 is 17.4 Å². The predicted octanol–water partition coefficient (Wildman–Crippen LogP) is 2.97. The van der Waals surface area contributed by atoms with Crippen LogP contribution in [0.2, 0.25) is 0 Å². The van der Waals surface area contributed by atoms with E-state index in [9.17, 15) is 8.42 Å². The molecule has 0 amide bonds. The normalized spacial score (nSPS) is 11.6. The van der Waals surface area contributed by atoms with Crippen LogP contribution in [0, 0.1) is 0 Å². The van der Waals surface area contributed by atoms with Gasteiger partial charge in [0.05, 0.1) is 11.1 Å². The zero-order valence-corrected chi connectivity index (χ0v) is 13.7. The molecule has 0 aliphatic heterocycles. The number of oxazole rings is 1. The van der Waals surface area contributed by atoms with E-state index in [0.29, 0.717) is 17.2 Å². The molecular formula is C17H16N2O4S. The second kappa shape index (κ2) is 6.56. The third-order valence-electron chi connectivity index (χ3n) is 3.52. The summed E-state index contributed by atoms with van der Waals surface area (Å²) < 4.78 is 36.8. The minimum Gasteiger partial charge on any atom is -0.436 e. The van der Waals surface area contributed by atoms with Gasteiger partial charge in [-0.15, -0.1) is 0 Å². The Hall–Kier alpha value is -2.48. The zero-order chi connectivity index (χ0) is 17.2. The topological polar surface area (TPSA) is 92.4 Å². The highest BCUT2D eigenvalue weighted by molar-refractivity contribution is 7.85. The molecule has 0 aliphatic carbocycles. The number of benzene rings is 2. The molecule has 6 nitrogen and oxygen atoms in total. The van der Waals surface area contributed by atoms with Crippen LogP contribution in [-0.2, 0) is 16.7 Å². The van der Waals surface area contributed by atoms with Gasteiger partial charge < -0.3 is 9.73 Å². The lowest BCUT2D eigenvalue weighted by Crippen LogP contribution is -2.04. The lowest BCUT2D eigenvalue weighted by Gasteiger charge is -2.01. The molecule has 0 radical (unpaired) electrons. The monoisotopic (exact) mass is 344 g/mol. The van der Waals surface area contributed by atoms with Gasteiger partial charge in [0.15, 0.2) is 5.76 Å². The molecule has 3 rings (SSSR count). The van der Waals surface area contributed by atoms with Gasteiger partial charge in [0.2, 0.25) is 5.89 Å². The SMILES string of the molecule is CNCc1ccc(-c2cnc(-c3ccc(S(=O)(=O)O)cc3)o2)cc1. The third-order valence-corrected chi connectivity index (χ3v) is 4.39. The van der Waals surface area contributed by atoms with E-state index in [1.165, 1.54) is 29.8 Å². The average molecular weight is 344 g/mol. The van der Waals surface area contributed by atoms with E-state index in [-0.39, 0.29) is 4.90 Å². The molecule has 2 aromatic carbocycles. The van der Waals surface area contributed by atoms with E-state index >= 15 is 0 Å². The van der Waals surface area contributed by atoms with Gasteiger partial charge >= 0.3 is 0 Å². The standard InChI is InChI=1S/C17H16N2O4S/c1-18-10-12-2-4-13(5-3-12)16-11-19-17(23-16)14-6-8-15(9-7-14)24(20,21)22/h2-9,11,18H,10H2,1H3,(H,20,21,22). The molecule has 0 fully saturated rings. The van der Waals surface area contributed by atoms with Crippen molar-refractivity contribution in [3.63, 3.8) is 0 Å². The highest BCUT2D eigenvalue weighted by Gasteiger charge is 2.12. The molecule has 0 spiro atoms. The summed E-state index contributed by atoms with van der Waals surface area (Å²) in [7, 11) is -2.31. The third kappa shape index (κ3) is 3.53. The molecule has 2 N–H and O–H groups in total. The predicted molar refractivity (Wildman–Crippen MR) is 90.0 cm³/mol. The first-order chi connectivity index (χ1) is 11.5. The molecule has 24 heavy (non-hydrogen) atoms. The number of nitrogens with one attached hydrogen (secondary N) is 1. The number of rotatable bonds is 5. The fraction of sp³-hybridized carbons (Fsp3) is 0.118. The van der Waals surface area contributed by atoms with Gasteiger partial charge in [0.1, 0.15) is 0 Å². The summed E-state index contributed by atoms with van der Waals surface area (Å²) in [5.41, 5.74) is 2.70. The summed E-state index contributed by atoms with van der Waals surface area (Å²) in [6.45, 7) is 0.794. The second-order valence-electron chi connectivity index (χ2n) is 5.26. The average Bonchev–Trinajstić information content (AvgIpc) is 3.05. The van der Waals surface area contributed by atoms with E-state index in [2.05, 4.69) is 10.3 Å². The van der Waals surface area contributed by atoms with Gasteiger partial charge in [0.25, 0.3) is 10.1 Å². The molecule has 0 atom stereocenters. The lowest BCUT2D eigenvalue weighted by atomic mass is 10.1. The lowest BCUT2D eigenvalue weighted by molar-refractivity contribution is 0.483. The van der Waals surface area contributed by atoms with Crippen LogP contribution in [0.3, 0.4) is 0 Å². The van der Waals surface area contributed by atoms with Crippen LogP contribution in [0.15, 0.2) is 64.0 Å². The van der Waals surface area contributed by atoms with Gasteiger partial charge in [0, 0.05) is 17.7 Å². The minimum absolute atomic E-state index is 0.168. The maximum absolute atomic E-state index is 11.1. The smallest absolute Gasteiger partial charge is 0.294 e. The quantitative estimate of drug-likeness (QED) is 0.691. The molecular weight excluding hydrogens is 328 g/mol. The molecule has 0 bridgehead atoms. The van der Waals surface area contributed by atoms with Crippen LogP contribution < -0.4 is 5.32 Å². The van der Waals surface area contributed by atoms with Gasteiger partial charge in [-0.3, -0.25) is 4.55 Å². The molecule has 0 saturated heterocycles. The number of nitrogens with zero attached hydrogens (tertiary/aromatic N) is 1. The molecule has 7 heteroatoms.